The summed E-state index contributed by atoms with van der Waals surface area (Å²) in [6, 6.07) is 0.421. The fourth-order valence-electron chi connectivity index (χ4n) is 0.967. The van der Waals surface area contributed by atoms with Gasteiger partial charge in [0.15, 0.2) is 0 Å². The molecule has 0 saturated carbocycles. The second kappa shape index (κ2) is 3.91. The molecule has 0 aliphatic carbocycles. The fraction of sp³-hybridized carbons (Fsp3) is 1.00. The first kappa shape index (κ1) is 9.88. The molecule has 0 fully saturated rings. The molecule has 0 saturated heterocycles. The largest absolute Gasteiger partial charge is 0.308 e. The molecule has 62 valence electrons. The van der Waals surface area contributed by atoms with E-state index in [-0.39, 0.29) is 5.54 Å². The fourth-order valence-corrected chi connectivity index (χ4v) is 0.967. The number of hydrazine groups is 1. The molecule has 0 aromatic heterocycles. The first-order valence-corrected chi connectivity index (χ1v) is 3.67. The van der Waals surface area contributed by atoms with Gasteiger partial charge in [-0.1, -0.05) is 0 Å². The second-order valence-electron chi connectivity index (χ2n) is 3.70. The molecule has 0 rings (SSSR count). The van der Waals surface area contributed by atoms with Crippen molar-refractivity contribution in [1.29, 1.82) is 0 Å². The molecular formula is C7H19N3. The molecule has 0 heterocycles. The molecule has 4 N–H and O–H groups in total. The van der Waals surface area contributed by atoms with Crippen molar-refractivity contribution in [3.8, 4) is 0 Å². The molecular weight excluding hydrogens is 126 g/mol. The third-order valence-electron chi connectivity index (χ3n) is 1.10. The van der Waals surface area contributed by atoms with Crippen LogP contribution < -0.4 is 16.6 Å². The van der Waals surface area contributed by atoms with Crippen LogP contribution in [0.3, 0.4) is 0 Å². The highest BCUT2D eigenvalue weighted by atomic mass is 15.2. The van der Waals surface area contributed by atoms with Crippen LogP contribution in [-0.2, 0) is 0 Å². The summed E-state index contributed by atoms with van der Waals surface area (Å²) in [5.74, 6) is 5.16. The number of nitrogens with two attached hydrogens (primary N) is 1. The van der Waals surface area contributed by atoms with Gasteiger partial charge in [-0.15, -0.1) is 0 Å². The molecule has 0 aliphatic heterocycles. The van der Waals surface area contributed by atoms with Gasteiger partial charge in [-0.05, 0) is 27.7 Å². The molecule has 0 aromatic rings. The van der Waals surface area contributed by atoms with Crippen molar-refractivity contribution in [3.63, 3.8) is 0 Å². The Morgan fingerprint density at radius 2 is 1.90 bits per heavy atom. The maximum Gasteiger partial charge on any atom is 0.0249 e. The quantitative estimate of drug-likeness (QED) is 0.393. The molecule has 10 heavy (non-hydrogen) atoms. The smallest absolute Gasteiger partial charge is 0.0249 e. The SMILES string of the molecule is CC(CNN)NC(C)(C)C. The summed E-state index contributed by atoms with van der Waals surface area (Å²) in [7, 11) is 0. The van der Waals surface area contributed by atoms with Crippen LogP contribution in [0.1, 0.15) is 27.7 Å². The molecule has 0 radical (unpaired) electrons. The summed E-state index contributed by atoms with van der Waals surface area (Å²) >= 11 is 0. The van der Waals surface area contributed by atoms with Crippen molar-refractivity contribution in [2.24, 2.45) is 5.84 Å². The normalized spacial score (nSPS) is 15.3. The average Bonchev–Trinajstić information content (AvgIpc) is 1.59. The van der Waals surface area contributed by atoms with Crippen molar-refractivity contribution in [2.75, 3.05) is 6.54 Å². The second-order valence-corrected chi connectivity index (χ2v) is 3.70. The van der Waals surface area contributed by atoms with E-state index in [0.29, 0.717) is 6.04 Å². The third-order valence-corrected chi connectivity index (χ3v) is 1.10. The minimum Gasteiger partial charge on any atom is -0.308 e. The molecule has 0 bridgehead atoms. The minimum atomic E-state index is 0.177. The maximum absolute atomic E-state index is 5.16. The molecule has 3 heteroatoms. The van der Waals surface area contributed by atoms with Gasteiger partial charge in [0.25, 0.3) is 0 Å². The van der Waals surface area contributed by atoms with Gasteiger partial charge in [0, 0.05) is 18.1 Å². The average molecular weight is 145 g/mol. The maximum atomic E-state index is 5.16. The summed E-state index contributed by atoms with van der Waals surface area (Å²) in [4.78, 5) is 0. The topological polar surface area (TPSA) is 50.1 Å². The summed E-state index contributed by atoms with van der Waals surface area (Å²) in [5.41, 5.74) is 2.80. The first-order valence-electron chi connectivity index (χ1n) is 3.67. The Morgan fingerprint density at radius 3 is 2.20 bits per heavy atom. The van der Waals surface area contributed by atoms with Crippen LogP contribution in [0.2, 0.25) is 0 Å². The van der Waals surface area contributed by atoms with Crippen LogP contribution >= 0.6 is 0 Å². The molecule has 0 amide bonds. The van der Waals surface area contributed by atoms with E-state index < -0.39 is 0 Å². The van der Waals surface area contributed by atoms with Gasteiger partial charge in [-0.25, -0.2) is 0 Å². The van der Waals surface area contributed by atoms with Crippen molar-refractivity contribution < 1.29 is 0 Å². The van der Waals surface area contributed by atoms with Gasteiger partial charge < -0.3 is 5.32 Å². The lowest BCUT2D eigenvalue weighted by molar-refractivity contribution is 0.363. The molecule has 0 aromatic carbocycles. The van der Waals surface area contributed by atoms with Gasteiger partial charge in [0.1, 0.15) is 0 Å². The van der Waals surface area contributed by atoms with Crippen LogP contribution in [0.4, 0.5) is 0 Å². The van der Waals surface area contributed by atoms with Crippen molar-refractivity contribution in [1.82, 2.24) is 10.7 Å². The molecule has 3 nitrogen and oxygen atoms in total. The summed E-state index contributed by atoms with van der Waals surface area (Å²) in [6.07, 6.45) is 0. The lowest BCUT2D eigenvalue weighted by atomic mass is 10.1. The zero-order valence-corrected chi connectivity index (χ0v) is 7.36. The molecule has 1 atom stereocenters. The van der Waals surface area contributed by atoms with Crippen LogP contribution in [0.25, 0.3) is 0 Å². The molecule has 0 aliphatic rings. The van der Waals surface area contributed by atoms with Crippen molar-refractivity contribution in [2.45, 2.75) is 39.3 Å². The van der Waals surface area contributed by atoms with Gasteiger partial charge >= 0.3 is 0 Å². The van der Waals surface area contributed by atoms with Gasteiger partial charge in [-0.2, -0.15) is 0 Å². The minimum absolute atomic E-state index is 0.177. The monoisotopic (exact) mass is 145 g/mol. The number of nitrogens with one attached hydrogen (secondary N) is 2. The Morgan fingerprint density at radius 1 is 1.40 bits per heavy atom. The van der Waals surface area contributed by atoms with E-state index in [1.165, 1.54) is 0 Å². The van der Waals surface area contributed by atoms with Gasteiger partial charge in [0.05, 0.1) is 0 Å². The Labute approximate surface area is 63.3 Å². The van der Waals surface area contributed by atoms with Gasteiger partial charge in [0.2, 0.25) is 0 Å². The highest BCUT2D eigenvalue weighted by Crippen LogP contribution is 1.99. The molecule has 0 spiro atoms. The van der Waals surface area contributed by atoms with Crippen LogP contribution in [0.15, 0.2) is 0 Å². The number of rotatable bonds is 3. The zero-order chi connectivity index (χ0) is 8.20. The van der Waals surface area contributed by atoms with Crippen molar-refractivity contribution in [3.05, 3.63) is 0 Å². The lowest BCUT2D eigenvalue weighted by Crippen LogP contribution is -2.47. The van der Waals surface area contributed by atoms with Crippen LogP contribution in [0.5, 0.6) is 0 Å². The molecule has 1 unspecified atom stereocenters. The summed E-state index contributed by atoms with van der Waals surface area (Å²) < 4.78 is 0. The van der Waals surface area contributed by atoms with E-state index in [0.717, 1.165) is 6.54 Å². The Hall–Kier alpha value is -0.120. The highest BCUT2D eigenvalue weighted by Gasteiger charge is 2.11. The van der Waals surface area contributed by atoms with Gasteiger partial charge in [-0.3, -0.25) is 11.3 Å². The van der Waals surface area contributed by atoms with Crippen LogP contribution in [-0.4, -0.2) is 18.1 Å². The Balaban J connectivity index is 3.47. The third kappa shape index (κ3) is 6.01. The number of hydrogen-bond donors (Lipinski definition) is 3. The van der Waals surface area contributed by atoms with E-state index in [2.05, 4.69) is 38.4 Å². The Kier molecular flexibility index (Phi) is 3.86. The highest BCUT2D eigenvalue weighted by molar-refractivity contribution is 4.75. The lowest BCUT2D eigenvalue weighted by Gasteiger charge is -2.25. The van der Waals surface area contributed by atoms with E-state index >= 15 is 0 Å². The van der Waals surface area contributed by atoms with Crippen molar-refractivity contribution >= 4 is 0 Å². The van der Waals surface area contributed by atoms with E-state index in [1.807, 2.05) is 0 Å². The van der Waals surface area contributed by atoms with E-state index in [4.69, 9.17) is 5.84 Å². The summed E-state index contributed by atoms with van der Waals surface area (Å²) in [6.45, 7) is 9.32. The number of hydrogen-bond acceptors (Lipinski definition) is 3. The van der Waals surface area contributed by atoms with Crippen LogP contribution in [0, 0.1) is 0 Å². The predicted molar refractivity (Wildman–Crippen MR) is 44.5 cm³/mol. The first-order chi connectivity index (χ1) is 4.45. The summed E-state index contributed by atoms with van der Waals surface area (Å²) in [5, 5.41) is 3.38. The standard InChI is InChI=1S/C7H19N3/c1-6(5-9-8)10-7(2,3)4/h6,9-10H,5,8H2,1-4H3. The Bertz CT molecular complexity index is 85.3. The zero-order valence-electron chi connectivity index (χ0n) is 7.36. The van der Waals surface area contributed by atoms with E-state index in [9.17, 15) is 0 Å². The van der Waals surface area contributed by atoms with E-state index in [1.54, 1.807) is 0 Å². The predicted octanol–water partition coefficient (Wildman–Crippen LogP) is 0.226.